The van der Waals surface area contributed by atoms with Crippen molar-refractivity contribution in [2.45, 2.75) is 31.8 Å². The van der Waals surface area contributed by atoms with Crippen LogP contribution in [0.15, 0.2) is 29.9 Å². The van der Waals surface area contributed by atoms with Gasteiger partial charge in [0.1, 0.15) is 11.4 Å². The molecule has 2 rings (SSSR count). The molecule has 0 bridgehead atoms. The Morgan fingerprint density at radius 3 is 3.05 bits per heavy atom. The molecule has 1 N–H and O–H groups in total. The van der Waals surface area contributed by atoms with Gasteiger partial charge in [0.2, 0.25) is 0 Å². The highest BCUT2D eigenvalue weighted by Gasteiger charge is 2.20. The van der Waals surface area contributed by atoms with E-state index in [1.165, 1.54) is 4.88 Å². The number of aryl methyl sites for hydroxylation is 1. The van der Waals surface area contributed by atoms with Crippen LogP contribution in [0.2, 0.25) is 0 Å². The van der Waals surface area contributed by atoms with Gasteiger partial charge in [-0.15, -0.1) is 11.3 Å². The van der Waals surface area contributed by atoms with E-state index in [0.717, 1.165) is 25.2 Å². The molecule has 0 aromatic carbocycles. The first kappa shape index (κ1) is 13.8. The van der Waals surface area contributed by atoms with Crippen LogP contribution in [0.3, 0.4) is 0 Å². The Morgan fingerprint density at radius 2 is 2.42 bits per heavy atom. The summed E-state index contributed by atoms with van der Waals surface area (Å²) in [5.41, 5.74) is -0.441. The normalized spacial score (nSPS) is 13.9. The lowest BCUT2D eigenvalue weighted by atomic mass is 9.98. The van der Waals surface area contributed by atoms with Crippen molar-refractivity contribution in [1.29, 1.82) is 5.26 Å². The molecule has 19 heavy (non-hydrogen) atoms. The molecule has 4 nitrogen and oxygen atoms in total. The molecule has 0 aliphatic heterocycles. The fourth-order valence-corrected chi connectivity index (χ4v) is 2.70. The van der Waals surface area contributed by atoms with Gasteiger partial charge in [0.25, 0.3) is 0 Å². The van der Waals surface area contributed by atoms with Crippen LogP contribution in [-0.2, 0) is 6.54 Å². The first-order valence-corrected chi connectivity index (χ1v) is 7.22. The van der Waals surface area contributed by atoms with Crippen LogP contribution in [0.4, 0.5) is 0 Å². The van der Waals surface area contributed by atoms with Crippen molar-refractivity contribution in [3.8, 4) is 16.8 Å². The highest BCUT2D eigenvalue weighted by atomic mass is 32.1. The van der Waals surface area contributed by atoms with Crippen LogP contribution in [0.1, 0.15) is 19.8 Å². The molecule has 0 radical (unpaired) electrons. The Hall–Kier alpha value is -1.64. The third-order valence-corrected chi connectivity index (χ3v) is 4.20. The molecule has 0 saturated carbocycles. The van der Waals surface area contributed by atoms with Crippen LogP contribution >= 0.6 is 11.3 Å². The van der Waals surface area contributed by atoms with E-state index in [2.05, 4.69) is 32.4 Å². The lowest BCUT2D eigenvalue weighted by Crippen LogP contribution is -2.38. The summed E-state index contributed by atoms with van der Waals surface area (Å²) in [6, 6.07) is 6.43. The van der Waals surface area contributed by atoms with E-state index in [0.29, 0.717) is 0 Å². The van der Waals surface area contributed by atoms with Crippen molar-refractivity contribution in [3.63, 3.8) is 0 Å². The summed E-state index contributed by atoms with van der Waals surface area (Å²) in [7, 11) is 1.83. The number of nitriles is 1. The molecule has 1 atom stereocenters. The van der Waals surface area contributed by atoms with Gasteiger partial charge in [-0.3, -0.25) is 0 Å². The number of hydrogen-bond donors (Lipinski definition) is 1. The fourth-order valence-electron chi connectivity index (χ4n) is 1.96. The van der Waals surface area contributed by atoms with Gasteiger partial charge in [-0.2, -0.15) is 5.26 Å². The Labute approximate surface area is 117 Å². The molecule has 0 aliphatic rings. The van der Waals surface area contributed by atoms with Crippen molar-refractivity contribution in [3.05, 3.63) is 29.9 Å². The monoisotopic (exact) mass is 274 g/mol. The van der Waals surface area contributed by atoms with Crippen LogP contribution in [-0.4, -0.2) is 22.1 Å². The van der Waals surface area contributed by atoms with Crippen molar-refractivity contribution >= 4 is 11.3 Å². The molecular formula is C14H18N4S. The number of imidazole rings is 1. The summed E-state index contributed by atoms with van der Waals surface area (Å²) in [5, 5.41) is 14.2. The van der Waals surface area contributed by atoms with E-state index in [-0.39, 0.29) is 0 Å². The Bertz CT molecular complexity index is 552. The van der Waals surface area contributed by atoms with Gasteiger partial charge >= 0.3 is 0 Å². The molecule has 2 aromatic heterocycles. The van der Waals surface area contributed by atoms with Crippen LogP contribution < -0.4 is 5.32 Å². The second kappa shape index (κ2) is 6.00. The van der Waals surface area contributed by atoms with E-state index in [4.69, 9.17) is 5.26 Å². The quantitative estimate of drug-likeness (QED) is 0.881. The number of nitrogens with one attached hydrogen (secondary N) is 1. The molecule has 100 valence electrons. The average Bonchev–Trinajstić information content (AvgIpc) is 3.08. The van der Waals surface area contributed by atoms with Gasteiger partial charge in [0.05, 0.1) is 10.9 Å². The maximum absolute atomic E-state index is 9.12. The Balaban J connectivity index is 1.99. The lowest BCUT2D eigenvalue weighted by Gasteiger charge is -2.20. The molecule has 0 aliphatic carbocycles. The maximum Gasteiger partial charge on any atom is 0.149 e. The zero-order chi connectivity index (χ0) is 13.7. The first-order chi connectivity index (χ1) is 9.18. The minimum atomic E-state index is -0.441. The summed E-state index contributed by atoms with van der Waals surface area (Å²) in [6.07, 6.45) is 5.59. The first-order valence-electron chi connectivity index (χ1n) is 6.34. The van der Waals surface area contributed by atoms with Gasteiger partial charge in [-0.25, -0.2) is 4.98 Å². The SMILES string of the molecule is CNC(C)(C#N)CCCn1ccnc1-c1cccs1. The van der Waals surface area contributed by atoms with Crippen LogP contribution in [0.5, 0.6) is 0 Å². The molecule has 5 heteroatoms. The number of aromatic nitrogens is 2. The highest BCUT2D eigenvalue weighted by Crippen LogP contribution is 2.23. The zero-order valence-corrected chi connectivity index (χ0v) is 12.1. The second-order valence-corrected chi connectivity index (χ2v) is 5.67. The van der Waals surface area contributed by atoms with Crippen LogP contribution in [0.25, 0.3) is 10.7 Å². The molecule has 1 unspecified atom stereocenters. The van der Waals surface area contributed by atoms with Gasteiger partial charge < -0.3 is 9.88 Å². The van der Waals surface area contributed by atoms with Crippen LogP contribution in [0, 0.1) is 11.3 Å². The number of thiophene rings is 1. The van der Waals surface area contributed by atoms with E-state index >= 15 is 0 Å². The minimum Gasteiger partial charge on any atom is -0.330 e. The summed E-state index contributed by atoms with van der Waals surface area (Å²) in [4.78, 5) is 5.59. The largest absolute Gasteiger partial charge is 0.330 e. The van der Waals surface area contributed by atoms with Crippen molar-refractivity contribution < 1.29 is 0 Å². The summed E-state index contributed by atoms with van der Waals surface area (Å²) in [5.74, 6) is 1.01. The summed E-state index contributed by atoms with van der Waals surface area (Å²) in [6.45, 7) is 2.81. The van der Waals surface area contributed by atoms with E-state index in [9.17, 15) is 0 Å². The average molecular weight is 274 g/mol. The van der Waals surface area contributed by atoms with Crippen molar-refractivity contribution in [2.24, 2.45) is 0 Å². The lowest BCUT2D eigenvalue weighted by molar-refractivity contribution is 0.424. The topological polar surface area (TPSA) is 53.6 Å². The van der Waals surface area contributed by atoms with Gasteiger partial charge in [0, 0.05) is 18.9 Å². The van der Waals surface area contributed by atoms with Crippen molar-refractivity contribution in [1.82, 2.24) is 14.9 Å². The predicted octanol–water partition coefficient (Wildman–Crippen LogP) is 2.89. The van der Waals surface area contributed by atoms with E-state index in [1.807, 2.05) is 32.4 Å². The van der Waals surface area contributed by atoms with Crippen molar-refractivity contribution in [2.75, 3.05) is 7.05 Å². The van der Waals surface area contributed by atoms with Gasteiger partial charge in [0.15, 0.2) is 0 Å². The zero-order valence-electron chi connectivity index (χ0n) is 11.3. The minimum absolute atomic E-state index is 0.441. The Morgan fingerprint density at radius 1 is 1.58 bits per heavy atom. The fraction of sp³-hybridized carbons (Fsp3) is 0.429. The number of hydrogen-bond acceptors (Lipinski definition) is 4. The molecular weight excluding hydrogens is 256 g/mol. The molecule has 0 saturated heterocycles. The molecule has 2 heterocycles. The third kappa shape index (κ3) is 3.22. The molecule has 0 spiro atoms. The predicted molar refractivity (Wildman–Crippen MR) is 77.9 cm³/mol. The standard InChI is InChI=1S/C14H18N4S/c1-14(11-15,16-2)6-4-8-18-9-7-17-13(18)12-5-3-10-19-12/h3,5,7,9-10,16H,4,6,8H2,1-2H3. The number of rotatable bonds is 6. The number of nitrogens with zero attached hydrogens (tertiary/aromatic N) is 3. The second-order valence-electron chi connectivity index (χ2n) is 4.72. The Kier molecular flexibility index (Phi) is 4.35. The smallest absolute Gasteiger partial charge is 0.149 e. The van der Waals surface area contributed by atoms with Gasteiger partial charge in [-0.05, 0) is 38.3 Å². The summed E-state index contributed by atoms with van der Waals surface area (Å²) >= 11 is 1.69. The van der Waals surface area contributed by atoms with E-state index < -0.39 is 5.54 Å². The maximum atomic E-state index is 9.12. The summed E-state index contributed by atoms with van der Waals surface area (Å²) < 4.78 is 2.15. The molecule has 0 amide bonds. The molecule has 0 fully saturated rings. The van der Waals surface area contributed by atoms with Gasteiger partial charge in [-0.1, -0.05) is 6.07 Å². The van der Waals surface area contributed by atoms with E-state index in [1.54, 1.807) is 11.3 Å². The molecule has 2 aromatic rings. The third-order valence-electron chi connectivity index (χ3n) is 3.33. The highest BCUT2D eigenvalue weighted by molar-refractivity contribution is 7.13.